The van der Waals surface area contributed by atoms with Crippen molar-refractivity contribution < 1.29 is 9.59 Å². The van der Waals surface area contributed by atoms with E-state index in [9.17, 15) is 9.59 Å². The number of hydrogen-bond donors (Lipinski definition) is 2. The Bertz CT molecular complexity index is 1120. The molecule has 0 radical (unpaired) electrons. The summed E-state index contributed by atoms with van der Waals surface area (Å²) in [5, 5.41) is 5.81. The van der Waals surface area contributed by atoms with Gasteiger partial charge in [-0.15, -0.1) is 0 Å². The lowest BCUT2D eigenvalue weighted by molar-refractivity contribution is 0.0981. The third-order valence-electron chi connectivity index (χ3n) is 5.69. The van der Waals surface area contributed by atoms with Gasteiger partial charge < -0.3 is 15.5 Å². The second kappa shape index (κ2) is 8.64. The molecule has 3 amide bonds. The summed E-state index contributed by atoms with van der Waals surface area (Å²) in [6.45, 7) is 6.45. The number of benzene rings is 3. The summed E-state index contributed by atoms with van der Waals surface area (Å²) in [6, 6.07) is 21.2. The lowest BCUT2D eigenvalue weighted by atomic mass is 10.1. The zero-order valence-corrected chi connectivity index (χ0v) is 18.1. The number of carbonyl (C=O) groups is 2. The third kappa shape index (κ3) is 4.45. The van der Waals surface area contributed by atoms with Crippen molar-refractivity contribution in [3.05, 3.63) is 94.5 Å². The fourth-order valence-electron chi connectivity index (χ4n) is 4.10. The molecule has 0 aliphatic carbocycles. The number of fused-ring (bicyclic) bond motifs is 1. The molecule has 0 aromatic heterocycles. The molecule has 0 unspecified atom stereocenters. The predicted octanol–water partition coefficient (Wildman–Crippen LogP) is 5.22. The topological polar surface area (TPSA) is 61.4 Å². The summed E-state index contributed by atoms with van der Waals surface area (Å²) < 4.78 is 0. The molecule has 1 aliphatic heterocycles. The Hall–Kier alpha value is -3.60. The van der Waals surface area contributed by atoms with E-state index in [-0.39, 0.29) is 18.0 Å². The number of anilines is 2. The van der Waals surface area contributed by atoms with E-state index in [4.69, 9.17) is 0 Å². The van der Waals surface area contributed by atoms with Gasteiger partial charge in [0.05, 0.1) is 0 Å². The monoisotopic (exact) mass is 413 g/mol. The van der Waals surface area contributed by atoms with Crippen molar-refractivity contribution in [3.63, 3.8) is 0 Å². The number of amides is 3. The SMILES string of the molecule is Cc1ccc(NC(=O)NCc2ccc3c(c2)N(C(=O)c2ccccc2)[C@H](C)C3)c(C)c1. The minimum absolute atomic E-state index is 0.00421. The van der Waals surface area contributed by atoms with Gasteiger partial charge in [-0.3, -0.25) is 4.79 Å². The number of nitrogens with one attached hydrogen (secondary N) is 2. The van der Waals surface area contributed by atoms with Gasteiger partial charge >= 0.3 is 6.03 Å². The molecule has 2 N–H and O–H groups in total. The van der Waals surface area contributed by atoms with Gasteiger partial charge in [0.2, 0.25) is 0 Å². The molecule has 5 heteroatoms. The summed E-state index contributed by atoms with van der Waals surface area (Å²) in [4.78, 5) is 27.3. The van der Waals surface area contributed by atoms with Crippen LogP contribution in [0.25, 0.3) is 0 Å². The Morgan fingerprint density at radius 3 is 2.52 bits per heavy atom. The molecule has 0 spiro atoms. The fraction of sp³-hybridized carbons (Fsp3) is 0.231. The van der Waals surface area contributed by atoms with E-state index in [1.54, 1.807) is 0 Å². The van der Waals surface area contributed by atoms with E-state index >= 15 is 0 Å². The van der Waals surface area contributed by atoms with Crippen molar-refractivity contribution in [1.29, 1.82) is 0 Å². The van der Waals surface area contributed by atoms with Gasteiger partial charge in [0, 0.05) is 29.5 Å². The molecule has 4 rings (SSSR count). The van der Waals surface area contributed by atoms with Crippen molar-refractivity contribution in [3.8, 4) is 0 Å². The number of carbonyl (C=O) groups excluding carboxylic acids is 2. The van der Waals surface area contributed by atoms with Crippen molar-refractivity contribution in [1.82, 2.24) is 5.32 Å². The van der Waals surface area contributed by atoms with Gasteiger partial charge in [-0.25, -0.2) is 4.79 Å². The average molecular weight is 414 g/mol. The van der Waals surface area contributed by atoms with Crippen LogP contribution in [0.1, 0.15) is 39.5 Å². The van der Waals surface area contributed by atoms with Crippen LogP contribution in [0.3, 0.4) is 0 Å². The molecule has 5 nitrogen and oxygen atoms in total. The molecule has 0 saturated heterocycles. The maximum Gasteiger partial charge on any atom is 0.319 e. The second-order valence-corrected chi connectivity index (χ2v) is 8.18. The van der Waals surface area contributed by atoms with E-state index in [1.807, 2.05) is 79.4 Å². The van der Waals surface area contributed by atoms with Crippen molar-refractivity contribution in [2.75, 3.05) is 10.2 Å². The molecular formula is C26H27N3O2. The summed E-state index contributed by atoms with van der Waals surface area (Å²) in [5.41, 5.74) is 6.69. The zero-order chi connectivity index (χ0) is 22.0. The van der Waals surface area contributed by atoms with Gasteiger partial charge in [0.1, 0.15) is 0 Å². The molecular weight excluding hydrogens is 386 g/mol. The van der Waals surface area contributed by atoms with E-state index in [2.05, 4.69) is 23.6 Å². The first-order valence-electron chi connectivity index (χ1n) is 10.5. The van der Waals surface area contributed by atoms with E-state index in [0.29, 0.717) is 12.1 Å². The smallest absolute Gasteiger partial charge is 0.319 e. The van der Waals surface area contributed by atoms with E-state index < -0.39 is 0 Å². The number of nitrogens with zero attached hydrogens (tertiary/aromatic N) is 1. The molecule has 1 aliphatic rings. The lowest BCUT2D eigenvalue weighted by Crippen LogP contribution is -2.35. The van der Waals surface area contributed by atoms with Crippen LogP contribution in [-0.4, -0.2) is 18.0 Å². The van der Waals surface area contributed by atoms with Crippen molar-refractivity contribution in [2.24, 2.45) is 0 Å². The Balaban J connectivity index is 1.46. The standard InChI is InChI=1S/C26H27N3O2/c1-17-9-12-23(18(2)13-17)28-26(31)27-16-20-10-11-22-14-19(3)29(24(22)15-20)25(30)21-7-5-4-6-8-21/h4-13,15,19H,14,16H2,1-3H3,(H2,27,28,31)/t19-/m1/s1. The molecule has 1 atom stereocenters. The first-order valence-corrected chi connectivity index (χ1v) is 10.5. The molecule has 3 aromatic rings. The predicted molar refractivity (Wildman–Crippen MR) is 125 cm³/mol. The molecule has 158 valence electrons. The highest BCUT2D eigenvalue weighted by Gasteiger charge is 2.31. The Morgan fingerprint density at radius 1 is 1.00 bits per heavy atom. The van der Waals surface area contributed by atoms with E-state index in [1.165, 1.54) is 0 Å². The van der Waals surface area contributed by atoms with Crippen LogP contribution in [-0.2, 0) is 13.0 Å². The third-order valence-corrected chi connectivity index (χ3v) is 5.69. The number of hydrogen-bond acceptors (Lipinski definition) is 2. The van der Waals surface area contributed by atoms with Crippen molar-refractivity contribution >= 4 is 23.3 Å². The maximum absolute atomic E-state index is 13.1. The summed E-state index contributed by atoms with van der Waals surface area (Å²) in [5.74, 6) is 0.00421. The number of aryl methyl sites for hydroxylation is 2. The molecule has 3 aromatic carbocycles. The molecule has 0 bridgehead atoms. The van der Waals surface area contributed by atoms with Crippen LogP contribution in [0.15, 0.2) is 66.7 Å². The molecule has 1 heterocycles. The van der Waals surface area contributed by atoms with Gasteiger partial charge in [0.25, 0.3) is 5.91 Å². The quantitative estimate of drug-likeness (QED) is 0.616. The highest BCUT2D eigenvalue weighted by atomic mass is 16.2. The summed E-state index contributed by atoms with van der Waals surface area (Å²) in [6.07, 6.45) is 0.828. The van der Waals surface area contributed by atoms with Gasteiger partial charge in [0.15, 0.2) is 0 Å². The largest absolute Gasteiger partial charge is 0.334 e. The normalized spacial score (nSPS) is 14.8. The van der Waals surface area contributed by atoms with Crippen LogP contribution < -0.4 is 15.5 Å². The first kappa shape index (κ1) is 20.7. The Labute approximate surface area is 183 Å². The van der Waals surface area contributed by atoms with Crippen LogP contribution in [0, 0.1) is 13.8 Å². The minimum Gasteiger partial charge on any atom is -0.334 e. The first-order chi connectivity index (χ1) is 14.9. The van der Waals surface area contributed by atoms with Crippen LogP contribution in [0.5, 0.6) is 0 Å². The van der Waals surface area contributed by atoms with Crippen molar-refractivity contribution in [2.45, 2.75) is 39.8 Å². The van der Waals surface area contributed by atoms with E-state index in [0.717, 1.165) is 40.0 Å². The molecule has 0 fully saturated rings. The highest BCUT2D eigenvalue weighted by molar-refractivity contribution is 6.07. The second-order valence-electron chi connectivity index (χ2n) is 8.18. The maximum atomic E-state index is 13.1. The minimum atomic E-state index is -0.252. The van der Waals surface area contributed by atoms with Crippen LogP contribution in [0.4, 0.5) is 16.2 Å². The van der Waals surface area contributed by atoms with Gasteiger partial charge in [-0.1, -0.05) is 48.0 Å². The Morgan fingerprint density at radius 2 is 1.77 bits per heavy atom. The van der Waals surface area contributed by atoms with Crippen LogP contribution in [0.2, 0.25) is 0 Å². The lowest BCUT2D eigenvalue weighted by Gasteiger charge is -2.23. The Kier molecular flexibility index (Phi) is 5.76. The summed E-state index contributed by atoms with van der Waals surface area (Å²) >= 11 is 0. The fourth-order valence-corrected chi connectivity index (χ4v) is 4.10. The number of urea groups is 1. The van der Waals surface area contributed by atoms with Crippen LogP contribution >= 0.6 is 0 Å². The zero-order valence-electron chi connectivity index (χ0n) is 18.1. The van der Waals surface area contributed by atoms with Gasteiger partial charge in [-0.2, -0.15) is 0 Å². The summed E-state index contributed by atoms with van der Waals surface area (Å²) in [7, 11) is 0. The highest BCUT2D eigenvalue weighted by Crippen LogP contribution is 2.34. The molecule has 31 heavy (non-hydrogen) atoms. The average Bonchev–Trinajstić information content (AvgIpc) is 3.09. The van der Waals surface area contributed by atoms with Gasteiger partial charge in [-0.05, 0) is 68.1 Å². The molecule has 0 saturated carbocycles. The number of rotatable bonds is 4.